The lowest BCUT2D eigenvalue weighted by molar-refractivity contribution is -0.126. The van der Waals surface area contributed by atoms with Crippen molar-refractivity contribution in [3.8, 4) is 0 Å². The fraction of sp³-hybridized carbons (Fsp3) is 0.900. The lowest BCUT2D eigenvalue weighted by atomic mass is 9.78. The van der Waals surface area contributed by atoms with E-state index in [1.165, 1.54) is 12.8 Å². The average Bonchev–Trinajstić information content (AvgIpc) is 2.60. The number of amides is 2. The molecule has 2 rings (SSSR count). The predicted molar refractivity (Wildman–Crippen MR) is 105 cm³/mol. The largest absolute Gasteiger partial charge is 0.353 e. The van der Waals surface area contributed by atoms with Crippen molar-refractivity contribution < 1.29 is 9.59 Å². The van der Waals surface area contributed by atoms with Crippen LogP contribution in [0.2, 0.25) is 0 Å². The first-order valence-electron chi connectivity index (χ1n) is 10.4. The van der Waals surface area contributed by atoms with Gasteiger partial charge >= 0.3 is 0 Å². The molecule has 1 saturated carbocycles. The van der Waals surface area contributed by atoms with Crippen LogP contribution >= 0.6 is 0 Å². The lowest BCUT2D eigenvalue weighted by Gasteiger charge is -2.36. The highest BCUT2D eigenvalue weighted by molar-refractivity contribution is 5.79. The Kier molecular flexibility index (Phi) is 8.35. The molecule has 4 atom stereocenters. The Labute approximate surface area is 159 Å². The summed E-state index contributed by atoms with van der Waals surface area (Å²) < 4.78 is 0. The molecule has 6 nitrogen and oxygen atoms in total. The smallest absolute Gasteiger partial charge is 0.234 e. The maximum Gasteiger partial charge on any atom is 0.234 e. The molecule has 2 aliphatic rings. The molecule has 4 unspecified atom stereocenters. The van der Waals surface area contributed by atoms with Crippen LogP contribution in [0.15, 0.2) is 0 Å². The summed E-state index contributed by atoms with van der Waals surface area (Å²) in [5.74, 6) is 1.51. The van der Waals surface area contributed by atoms with Gasteiger partial charge in [-0.1, -0.05) is 33.6 Å². The number of hydrogen-bond donors (Lipinski definition) is 2. The van der Waals surface area contributed by atoms with E-state index in [2.05, 4.69) is 41.2 Å². The predicted octanol–water partition coefficient (Wildman–Crippen LogP) is 1.46. The van der Waals surface area contributed by atoms with Gasteiger partial charge in [0.1, 0.15) is 0 Å². The molecule has 1 heterocycles. The summed E-state index contributed by atoms with van der Waals surface area (Å²) in [6.45, 7) is 13.0. The van der Waals surface area contributed by atoms with E-state index in [9.17, 15) is 9.59 Å². The first kappa shape index (κ1) is 21.2. The van der Waals surface area contributed by atoms with Gasteiger partial charge in [-0.15, -0.1) is 0 Å². The molecular weight excluding hydrogens is 328 g/mol. The van der Waals surface area contributed by atoms with Gasteiger partial charge in [0.15, 0.2) is 0 Å². The van der Waals surface area contributed by atoms with Crippen LogP contribution in [-0.2, 0) is 9.59 Å². The van der Waals surface area contributed by atoms with Gasteiger partial charge in [-0.05, 0) is 31.6 Å². The van der Waals surface area contributed by atoms with E-state index in [4.69, 9.17) is 0 Å². The molecule has 2 fully saturated rings. The minimum absolute atomic E-state index is 0.103. The van der Waals surface area contributed by atoms with E-state index < -0.39 is 0 Å². The number of nitrogens with zero attached hydrogens (tertiary/aromatic N) is 2. The number of piperazine rings is 1. The maximum absolute atomic E-state index is 12.4. The van der Waals surface area contributed by atoms with E-state index in [0.29, 0.717) is 31.0 Å². The fourth-order valence-corrected chi connectivity index (χ4v) is 3.97. The minimum Gasteiger partial charge on any atom is -0.353 e. The molecule has 0 spiro atoms. The SMILES string of the molecule is CCC(C)NC(=O)CN1CCN(CC(=O)NC2CCCC(C)C2C)CC1. The van der Waals surface area contributed by atoms with Crippen LogP contribution in [0.5, 0.6) is 0 Å². The van der Waals surface area contributed by atoms with E-state index in [1.54, 1.807) is 0 Å². The second-order valence-corrected chi connectivity index (χ2v) is 8.37. The second-order valence-electron chi connectivity index (χ2n) is 8.37. The molecule has 150 valence electrons. The zero-order valence-corrected chi connectivity index (χ0v) is 17.1. The summed E-state index contributed by atoms with van der Waals surface area (Å²) in [4.78, 5) is 28.8. The molecule has 1 saturated heterocycles. The van der Waals surface area contributed by atoms with Crippen molar-refractivity contribution in [2.45, 2.75) is 65.5 Å². The minimum atomic E-state index is 0.103. The third kappa shape index (κ3) is 6.54. The highest BCUT2D eigenvalue weighted by atomic mass is 16.2. The van der Waals surface area contributed by atoms with Crippen molar-refractivity contribution in [1.82, 2.24) is 20.4 Å². The summed E-state index contributed by atoms with van der Waals surface area (Å²) in [7, 11) is 0. The summed E-state index contributed by atoms with van der Waals surface area (Å²) in [6, 6.07) is 0.564. The molecule has 6 heteroatoms. The van der Waals surface area contributed by atoms with Crippen molar-refractivity contribution >= 4 is 11.8 Å². The molecule has 0 aromatic carbocycles. The Hall–Kier alpha value is -1.14. The van der Waals surface area contributed by atoms with Crippen molar-refractivity contribution in [1.29, 1.82) is 0 Å². The van der Waals surface area contributed by atoms with Gasteiger partial charge in [-0.25, -0.2) is 0 Å². The van der Waals surface area contributed by atoms with Crippen LogP contribution in [0.1, 0.15) is 53.4 Å². The summed E-state index contributed by atoms with van der Waals surface area (Å²) in [5.41, 5.74) is 0. The van der Waals surface area contributed by atoms with Gasteiger partial charge in [0, 0.05) is 38.3 Å². The number of carbonyl (C=O) groups is 2. The number of carbonyl (C=O) groups excluding carboxylic acids is 2. The standard InChI is InChI=1S/C20H38N4O2/c1-5-16(3)21-19(25)13-23-9-11-24(12-10-23)14-20(26)22-18-8-6-7-15(2)17(18)4/h15-18H,5-14H2,1-4H3,(H,21,25)(H,22,26). The van der Waals surface area contributed by atoms with Crippen molar-refractivity contribution in [2.75, 3.05) is 39.3 Å². The Bertz CT molecular complexity index is 463. The molecule has 0 aromatic heterocycles. The highest BCUT2D eigenvalue weighted by Gasteiger charge is 2.29. The zero-order chi connectivity index (χ0) is 19.1. The Morgan fingerprint density at radius 2 is 1.58 bits per heavy atom. The van der Waals surface area contributed by atoms with Gasteiger partial charge < -0.3 is 10.6 Å². The molecule has 2 amide bonds. The molecule has 26 heavy (non-hydrogen) atoms. The Morgan fingerprint density at radius 3 is 2.15 bits per heavy atom. The number of nitrogens with one attached hydrogen (secondary N) is 2. The molecule has 2 N–H and O–H groups in total. The first-order valence-corrected chi connectivity index (χ1v) is 10.4. The maximum atomic E-state index is 12.4. The van der Waals surface area contributed by atoms with E-state index in [-0.39, 0.29) is 17.9 Å². The van der Waals surface area contributed by atoms with Crippen LogP contribution in [0.3, 0.4) is 0 Å². The third-order valence-corrected chi connectivity index (χ3v) is 6.27. The van der Waals surface area contributed by atoms with E-state index in [1.807, 2.05) is 6.92 Å². The van der Waals surface area contributed by atoms with Gasteiger partial charge in [0.05, 0.1) is 13.1 Å². The molecule has 1 aliphatic heterocycles. The van der Waals surface area contributed by atoms with Gasteiger partial charge in [0.2, 0.25) is 11.8 Å². The van der Waals surface area contributed by atoms with Crippen LogP contribution in [0, 0.1) is 11.8 Å². The van der Waals surface area contributed by atoms with Gasteiger partial charge in [0.25, 0.3) is 0 Å². The van der Waals surface area contributed by atoms with Crippen LogP contribution < -0.4 is 10.6 Å². The summed E-state index contributed by atoms with van der Waals surface area (Å²) in [6.07, 6.45) is 4.55. The number of hydrogen-bond acceptors (Lipinski definition) is 4. The van der Waals surface area contributed by atoms with E-state index >= 15 is 0 Å². The highest BCUT2D eigenvalue weighted by Crippen LogP contribution is 2.29. The normalized spacial score (nSPS) is 29.2. The first-order chi connectivity index (χ1) is 12.4. The lowest BCUT2D eigenvalue weighted by Crippen LogP contribution is -2.53. The average molecular weight is 367 g/mol. The molecule has 1 aliphatic carbocycles. The van der Waals surface area contributed by atoms with E-state index in [0.717, 1.165) is 39.0 Å². The van der Waals surface area contributed by atoms with Crippen LogP contribution in [0.25, 0.3) is 0 Å². The summed E-state index contributed by atoms with van der Waals surface area (Å²) >= 11 is 0. The molecular formula is C20H38N4O2. The zero-order valence-electron chi connectivity index (χ0n) is 17.1. The fourth-order valence-electron chi connectivity index (χ4n) is 3.97. The number of rotatable bonds is 7. The molecule has 0 radical (unpaired) electrons. The van der Waals surface area contributed by atoms with Crippen molar-refractivity contribution in [2.24, 2.45) is 11.8 Å². The second kappa shape index (κ2) is 10.3. The quantitative estimate of drug-likeness (QED) is 0.716. The van der Waals surface area contributed by atoms with Crippen molar-refractivity contribution in [3.05, 3.63) is 0 Å². The van der Waals surface area contributed by atoms with Crippen molar-refractivity contribution in [3.63, 3.8) is 0 Å². The Morgan fingerprint density at radius 1 is 1.00 bits per heavy atom. The topological polar surface area (TPSA) is 64.7 Å². The molecule has 0 bridgehead atoms. The Balaban J connectivity index is 1.66. The van der Waals surface area contributed by atoms with Crippen LogP contribution in [0.4, 0.5) is 0 Å². The summed E-state index contributed by atoms with van der Waals surface area (Å²) in [5, 5.41) is 6.27. The van der Waals surface area contributed by atoms with Gasteiger partial charge in [-0.2, -0.15) is 0 Å². The monoisotopic (exact) mass is 366 g/mol. The molecule has 0 aromatic rings. The third-order valence-electron chi connectivity index (χ3n) is 6.27. The van der Waals surface area contributed by atoms with Gasteiger partial charge in [-0.3, -0.25) is 19.4 Å². The van der Waals surface area contributed by atoms with Crippen LogP contribution in [-0.4, -0.2) is 73.0 Å².